The van der Waals surface area contributed by atoms with Crippen molar-refractivity contribution in [2.45, 2.75) is 48.6 Å². The minimum Gasteiger partial charge on any atom is -0.493 e. The van der Waals surface area contributed by atoms with Crippen molar-refractivity contribution in [2.24, 2.45) is 0 Å². The predicted molar refractivity (Wildman–Crippen MR) is 131 cm³/mol. The van der Waals surface area contributed by atoms with Crippen molar-refractivity contribution in [3.05, 3.63) is 52.5 Å². The molecule has 1 atom stereocenters. The molecule has 2 aromatic carbocycles. The van der Waals surface area contributed by atoms with E-state index in [9.17, 15) is 14.9 Å². The van der Waals surface area contributed by atoms with E-state index >= 15 is 0 Å². The lowest BCUT2D eigenvalue weighted by molar-refractivity contribution is -0.123. The van der Waals surface area contributed by atoms with Crippen LogP contribution in [0.25, 0.3) is 0 Å². The molecule has 2 aromatic rings. The van der Waals surface area contributed by atoms with Crippen LogP contribution in [0.15, 0.2) is 41.3 Å². The Hall–Kier alpha value is -2.89. The number of amides is 2. The van der Waals surface area contributed by atoms with Crippen molar-refractivity contribution in [2.75, 3.05) is 19.5 Å². The fraction of sp³-hybridized carbons (Fsp3) is 0.400. The minimum absolute atomic E-state index is 0.206. The van der Waals surface area contributed by atoms with Gasteiger partial charge in [-0.2, -0.15) is 5.26 Å². The molecule has 2 aliphatic heterocycles. The van der Waals surface area contributed by atoms with Crippen LogP contribution in [0.3, 0.4) is 0 Å². The molecule has 34 heavy (non-hydrogen) atoms. The van der Waals surface area contributed by atoms with Crippen molar-refractivity contribution < 1.29 is 19.1 Å². The molecule has 2 bridgehead atoms. The minimum atomic E-state index is -0.903. The fourth-order valence-corrected chi connectivity index (χ4v) is 4.39. The van der Waals surface area contributed by atoms with Crippen molar-refractivity contribution in [1.82, 2.24) is 10.6 Å². The Morgan fingerprint density at radius 2 is 1.88 bits per heavy atom. The number of hydrogen-bond donors (Lipinski definition) is 2. The van der Waals surface area contributed by atoms with Gasteiger partial charge in [0.1, 0.15) is 23.1 Å². The summed E-state index contributed by atoms with van der Waals surface area (Å²) >= 11 is 7.92. The lowest BCUT2D eigenvalue weighted by Crippen LogP contribution is -2.51. The third-order valence-electron chi connectivity index (χ3n) is 5.87. The third kappa shape index (κ3) is 5.78. The maximum atomic E-state index is 13.4. The second-order valence-corrected chi connectivity index (χ2v) is 9.73. The first kappa shape index (κ1) is 24.2. The smallest absolute Gasteiger partial charge is 0.255 e. The molecule has 3 aliphatic rings. The van der Waals surface area contributed by atoms with E-state index in [2.05, 4.69) is 16.7 Å². The lowest BCUT2D eigenvalue weighted by Gasteiger charge is -2.22. The van der Waals surface area contributed by atoms with Crippen molar-refractivity contribution in [3.8, 4) is 17.6 Å². The van der Waals surface area contributed by atoms with Gasteiger partial charge in [-0.25, -0.2) is 0 Å². The summed E-state index contributed by atoms with van der Waals surface area (Å²) < 4.78 is 11.7. The van der Waals surface area contributed by atoms with Crippen molar-refractivity contribution >= 4 is 35.2 Å². The predicted octanol–water partition coefficient (Wildman–Crippen LogP) is 4.13. The molecule has 1 unspecified atom stereocenters. The van der Waals surface area contributed by atoms with Crippen LogP contribution in [-0.2, 0) is 11.2 Å². The molecule has 1 saturated carbocycles. The highest BCUT2D eigenvalue weighted by atomic mass is 35.5. The Bertz CT molecular complexity index is 1130. The van der Waals surface area contributed by atoms with Crippen LogP contribution < -0.4 is 20.1 Å². The molecule has 178 valence electrons. The molecule has 2 N–H and O–H groups in total. The highest BCUT2D eigenvalue weighted by molar-refractivity contribution is 7.98. The van der Waals surface area contributed by atoms with E-state index in [1.165, 1.54) is 11.8 Å². The van der Waals surface area contributed by atoms with E-state index in [0.29, 0.717) is 48.1 Å². The number of nitriles is 1. The van der Waals surface area contributed by atoms with Gasteiger partial charge in [0.05, 0.1) is 29.9 Å². The van der Waals surface area contributed by atoms with Crippen LogP contribution in [0.1, 0.15) is 41.6 Å². The zero-order chi connectivity index (χ0) is 24.1. The van der Waals surface area contributed by atoms with Gasteiger partial charge in [0, 0.05) is 11.3 Å². The summed E-state index contributed by atoms with van der Waals surface area (Å²) in [4.78, 5) is 27.4. The molecule has 0 saturated heterocycles. The molecule has 2 heterocycles. The van der Waals surface area contributed by atoms with Gasteiger partial charge >= 0.3 is 0 Å². The Morgan fingerprint density at radius 3 is 2.53 bits per heavy atom. The van der Waals surface area contributed by atoms with E-state index in [1.807, 2.05) is 18.4 Å². The quantitative estimate of drug-likeness (QED) is 0.616. The maximum absolute atomic E-state index is 13.4. The number of carbonyl (C=O) groups is 2. The number of nitrogens with zero attached hydrogens (tertiary/aromatic N) is 1. The van der Waals surface area contributed by atoms with Crippen molar-refractivity contribution in [1.29, 1.82) is 5.26 Å². The van der Waals surface area contributed by atoms with Crippen LogP contribution in [0.4, 0.5) is 0 Å². The summed E-state index contributed by atoms with van der Waals surface area (Å²) in [6.07, 6.45) is 4.84. The molecule has 1 aliphatic carbocycles. The molecular weight excluding hydrogens is 474 g/mol. The van der Waals surface area contributed by atoms with Gasteiger partial charge in [-0.3, -0.25) is 9.59 Å². The molecule has 2 amide bonds. The number of rotatable bonds is 3. The lowest BCUT2D eigenvalue weighted by atomic mass is 10.0. The molecule has 7 nitrogen and oxygen atoms in total. The molecule has 9 heteroatoms. The van der Waals surface area contributed by atoms with E-state index in [4.69, 9.17) is 21.1 Å². The molecule has 0 aromatic heterocycles. The Balaban J connectivity index is 1.67. The van der Waals surface area contributed by atoms with Crippen LogP contribution >= 0.6 is 23.4 Å². The van der Waals surface area contributed by atoms with Crippen molar-refractivity contribution in [3.63, 3.8) is 0 Å². The number of hydrogen-bond acceptors (Lipinski definition) is 6. The SMILES string of the molecule is CSc1ccc2c(c1)C(=O)NC(C(=O)NC1(C#N)CC1)Cc1ccc(c(Cl)c1)OCCCCO2. The summed E-state index contributed by atoms with van der Waals surface area (Å²) in [6, 6.07) is 12.0. The molecule has 5 rings (SSSR count). The Kier molecular flexibility index (Phi) is 7.54. The number of benzene rings is 2. The largest absolute Gasteiger partial charge is 0.493 e. The second kappa shape index (κ2) is 10.6. The average molecular weight is 500 g/mol. The summed E-state index contributed by atoms with van der Waals surface area (Å²) in [5.74, 6) is 0.212. The van der Waals surface area contributed by atoms with Gasteiger partial charge < -0.3 is 20.1 Å². The number of nitrogens with one attached hydrogen (secondary N) is 2. The van der Waals surface area contributed by atoms with E-state index in [0.717, 1.165) is 23.3 Å². The summed E-state index contributed by atoms with van der Waals surface area (Å²) in [7, 11) is 0. The zero-order valence-corrected chi connectivity index (χ0v) is 20.4. The van der Waals surface area contributed by atoms with Crippen LogP contribution in [-0.4, -0.2) is 42.9 Å². The topological polar surface area (TPSA) is 100 Å². The maximum Gasteiger partial charge on any atom is 0.255 e. The number of fused-ring (bicyclic) bond motifs is 10. The van der Waals surface area contributed by atoms with Crippen LogP contribution in [0.5, 0.6) is 11.5 Å². The Morgan fingerprint density at radius 1 is 1.18 bits per heavy atom. The number of carbonyl (C=O) groups excluding carboxylic acids is 2. The highest BCUT2D eigenvalue weighted by Crippen LogP contribution is 2.34. The van der Waals surface area contributed by atoms with Gasteiger partial charge in [0.2, 0.25) is 5.91 Å². The number of thioether (sulfide) groups is 1. The molecular formula is C25H26ClN3O4S. The van der Waals surface area contributed by atoms with Crippen LogP contribution in [0.2, 0.25) is 5.02 Å². The summed E-state index contributed by atoms with van der Waals surface area (Å²) in [5.41, 5.74) is 0.281. The highest BCUT2D eigenvalue weighted by Gasteiger charge is 2.45. The fourth-order valence-electron chi connectivity index (χ4n) is 3.69. The summed E-state index contributed by atoms with van der Waals surface area (Å²) in [5, 5.41) is 15.5. The monoisotopic (exact) mass is 499 g/mol. The first-order valence-corrected chi connectivity index (χ1v) is 12.8. The molecule has 0 radical (unpaired) electrons. The zero-order valence-electron chi connectivity index (χ0n) is 18.9. The van der Waals surface area contributed by atoms with Gasteiger partial charge in [-0.1, -0.05) is 17.7 Å². The normalized spacial score (nSPS) is 19.6. The van der Waals surface area contributed by atoms with Gasteiger partial charge in [-0.15, -0.1) is 11.8 Å². The average Bonchev–Trinajstić information content (AvgIpc) is 3.61. The van der Waals surface area contributed by atoms with Crippen LogP contribution in [0, 0.1) is 11.3 Å². The van der Waals surface area contributed by atoms with E-state index < -0.39 is 23.4 Å². The molecule has 0 spiro atoms. The number of ether oxygens (including phenoxy) is 2. The van der Waals surface area contributed by atoms with Gasteiger partial charge in [0.25, 0.3) is 5.91 Å². The first-order chi connectivity index (χ1) is 16.4. The second-order valence-electron chi connectivity index (χ2n) is 8.44. The first-order valence-electron chi connectivity index (χ1n) is 11.2. The van der Waals surface area contributed by atoms with E-state index in [1.54, 1.807) is 24.3 Å². The number of halogens is 1. The Labute approximate surface area is 208 Å². The third-order valence-corrected chi connectivity index (χ3v) is 6.89. The van der Waals surface area contributed by atoms with E-state index in [-0.39, 0.29) is 6.42 Å². The summed E-state index contributed by atoms with van der Waals surface area (Å²) in [6.45, 7) is 0.909. The standard InChI is InChI=1S/C25H26ClN3O4S/c1-34-17-5-7-21-18(14-17)23(30)28-20(24(31)29-25(15-27)8-9-25)13-16-4-6-22(19(26)12-16)33-11-3-2-10-32-21/h4-7,12,14,20H,2-3,8-11,13H2,1H3,(H,28,30)(H,29,31). The van der Waals surface area contributed by atoms with Gasteiger partial charge in [0.15, 0.2) is 0 Å². The van der Waals surface area contributed by atoms with Gasteiger partial charge in [-0.05, 0) is 67.8 Å². The molecule has 1 fully saturated rings.